The number of hydrogen-bond donors (Lipinski definition) is 0. The van der Waals surface area contributed by atoms with Crippen molar-refractivity contribution in [2.45, 2.75) is 12.8 Å². The van der Waals surface area contributed by atoms with Crippen molar-refractivity contribution in [2.75, 3.05) is 31.6 Å². The van der Waals surface area contributed by atoms with E-state index in [1.807, 2.05) is 67.7 Å². The maximum absolute atomic E-state index is 12.7. The molecule has 1 aliphatic rings. The molecule has 4 rings (SSSR count). The third-order valence-electron chi connectivity index (χ3n) is 5.19. The average Bonchev–Trinajstić information content (AvgIpc) is 3.46. The number of carbonyl (C=O) groups is 1. The number of rotatable bonds is 7. The Kier molecular flexibility index (Phi) is 5.75. The van der Waals surface area contributed by atoms with Crippen molar-refractivity contribution < 1.29 is 9.32 Å². The number of nitrogens with zero attached hydrogens (tertiary/aromatic N) is 3. The summed E-state index contributed by atoms with van der Waals surface area (Å²) in [4.78, 5) is 16.7. The van der Waals surface area contributed by atoms with E-state index in [1.54, 1.807) is 4.90 Å². The first kappa shape index (κ1) is 19.0. The third kappa shape index (κ3) is 4.57. The number of amides is 1. The van der Waals surface area contributed by atoms with Gasteiger partial charge in [0.05, 0.1) is 0 Å². The number of anilines is 1. The largest absolute Gasteiger partial charge is 0.364 e. The molecule has 148 valence electrons. The summed E-state index contributed by atoms with van der Waals surface area (Å²) in [6.45, 7) is 2.53. The molecule has 5 heteroatoms. The molecule has 3 aromatic rings. The molecule has 0 N–H and O–H groups in total. The SMILES string of the molecule is CN(CCCc1cc(-c2ccccc2)no1)C(=O)c1ccc(N2CC=CC2)cc1. The van der Waals surface area contributed by atoms with Crippen molar-refractivity contribution in [2.24, 2.45) is 0 Å². The molecule has 1 aliphatic heterocycles. The fraction of sp³-hybridized carbons (Fsp3) is 0.250. The average molecular weight is 387 g/mol. The Bertz CT molecular complexity index is 969. The maximum atomic E-state index is 12.7. The van der Waals surface area contributed by atoms with E-state index in [4.69, 9.17) is 4.52 Å². The first-order valence-corrected chi connectivity index (χ1v) is 9.97. The molecule has 0 bridgehead atoms. The number of aryl methyl sites for hydroxylation is 1. The summed E-state index contributed by atoms with van der Waals surface area (Å²) in [7, 11) is 1.84. The minimum absolute atomic E-state index is 0.0404. The topological polar surface area (TPSA) is 49.6 Å². The zero-order chi connectivity index (χ0) is 20.1. The minimum atomic E-state index is 0.0404. The summed E-state index contributed by atoms with van der Waals surface area (Å²) >= 11 is 0. The molecule has 5 nitrogen and oxygen atoms in total. The van der Waals surface area contributed by atoms with Gasteiger partial charge in [0.25, 0.3) is 5.91 Å². The highest BCUT2D eigenvalue weighted by molar-refractivity contribution is 5.94. The van der Waals surface area contributed by atoms with E-state index in [1.165, 1.54) is 0 Å². The Balaban J connectivity index is 1.27. The highest BCUT2D eigenvalue weighted by atomic mass is 16.5. The summed E-state index contributed by atoms with van der Waals surface area (Å²) in [6.07, 6.45) is 5.88. The lowest BCUT2D eigenvalue weighted by Crippen LogP contribution is -2.28. The number of carbonyl (C=O) groups excluding carboxylic acids is 1. The van der Waals surface area contributed by atoms with Gasteiger partial charge < -0.3 is 14.3 Å². The molecule has 0 radical (unpaired) electrons. The second kappa shape index (κ2) is 8.78. The molecule has 0 unspecified atom stereocenters. The van der Waals surface area contributed by atoms with Crippen LogP contribution in [0.1, 0.15) is 22.5 Å². The highest BCUT2D eigenvalue weighted by Crippen LogP contribution is 2.20. The summed E-state index contributed by atoms with van der Waals surface area (Å²) < 4.78 is 5.44. The second-order valence-electron chi connectivity index (χ2n) is 7.30. The number of hydrogen-bond acceptors (Lipinski definition) is 4. The lowest BCUT2D eigenvalue weighted by Gasteiger charge is -2.19. The van der Waals surface area contributed by atoms with E-state index < -0.39 is 0 Å². The molecule has 0 spiro atoms. The van der Waals surface area contributed by atoms with E-state index in [-0.39, 0.29) is 5.91 Å². The predicted octanol–water partition coefficient (Wildman–Crippen LogP) is 4.42. The van der Waals surface area contributed by atoms with Crippen LogP contribution in [0, 0.1) is 0 Å². The quantitative estimate of drug-likeness (QED) is 0.563. The molecule has 0 saturated heterocycles. The van der Waals surface area contributed by atoms with Crippen LogP contribution in [0.15, 0.2) is 77.3 Å². The lowest BCUT2D eigenvalue weighted by molar-refractivity contribution is 0.0793. The monoisotopic (exact) mass is 387 g/mol. The molecule has 0 saturated carbocycles. The Hall–Kier alpha value is -3.34. The Morgan fingerprint density at radius 2 is 1.79 bits per heavy atom. The van der Waals surface area contributed by atoms with Crippen molar-refractivity contribution in [3.05, 3.63) is 84.1 Å². The Labute approximate surface area is 171 Å². The third-order valence-corrected chi connectivity index (χ3v) is 5.19. The fourth-order valence-corrected chi connectivity index (χ4v) is 3.49. The van der Waals surface area contributed by atoms with Crippen LogP contribution in [-0.4, -0.2) is 42.6 Å². The summed E-state index contributed by atoms with van der Waals surface area (Å²) in [6, 6.07) is 19.8. The van der Waals surface area contributed by atoms with Gasteiger partial charge in [0.15, 0.2) is 0 Å². The minimum Gasteiger partial charge on any atom is -0.364 e. The van der Waals surface area contributed by atoms with Gasteiger partial charge in [-0.1, -0.05) is 47.6 Å². The fourth-order valence-electron chi connectivity index (χ4n) is 3.49. The zero-order valence-electron chi connectivity index (χ0n) is 16.6. The van der Waals surface area contributed by atoms with E-state index in [2.05, 4.69) is 22.2 Å². The second-order valence-corrected chi connectivity index (χ2v) is 7.30. The van der Waals surface area contributed by atoms with Gasteiger partial charge in [-0.3, -0.25) is 4.79 Å². The van der Waals surface area contributed by atoms with Gasteiger partial charge in [0.1, 0.15) is 11.5 Å². The van der Waals surface area contributed by atoms with Gasteiger partial charge in [-0.25, -0.2) is 0 Å². The van der Waals surface area contributed by atoms with Crippen LogP contribution in [0.3, 0.4) is 0 Å². The van der Waals surface area contributed by atoms with Crippen LogP contribution in [0.2, 0.25) is 0 Å². The highest BCUT2D eigenvalue weighted by Gasteiger charge is 2.14. The van der Waals surface area contributed by atoms with Crippen LogP contribution in [-0.2, 0) is 6.42 Å². The molecule has 0 aliphatic carbocycles. The summed E-state index contributed by atoms with van der Waals surface area (Å²) in [5.41, 5.74) is 3.75. The van der Waals surface area contributed by atoms with E-state index >= 15 is 0 Å². The molecular weight excluding hydrogens is 362 g/mol. The molecule has 0 atom stereocenters. The molecule has 1 amide bonds. The van der Waals surface area contributed by atoms with Crippen LogP contribution in [0.5, 0.6) is 0 Å². The smallest absolute Gasteiger partial charge is 0.253 e. The van der Waals surface area contributed by atoms with Gasteiger partial charge in [-0.05, 0) is 30.7 Å². The van der Waals surface area contributed by atoms with Crippen LogP contribution in [0.4, 0.5) is 5.69 Å². The number of aromatic nitrogens is 1. The summed E-state index contributed by atoms with van der Waals surface area (Å²) in [5.74, 6) is 0.881. The van der Waals surface area contributed by atoms with Gasteiger partial charge in [0.2, 0.25) is 0 Å². The Morgan fingerprint density at radius 1 is 1.07 bits per heavy atom. The Morgan fingerprint density at radius 3 is 2.52 bits per heavy atom. The summed E-state index contributed by atoms with van der Waals surface area (Å²) in [5, 5.41) is 4.14. The van der Waals surface area contributed by atoms with Gasteiger partial charge in [-0.2, -0.15) is 0 Å². The van der Waals surface area contributed by atoms with Gasteiger partial charge in [0, 0.05) is 56.0 Å². The number of benzene rings is 2. The van der Waals surface area contributed by atoms with Crippen molar-refractivity contribution in [1.82, 2.24) is 10.1 Å². The zero-order valence-corrected chi connectivity index (χ0v) is 16.6. The van der Waals surface area contributed by atoms with Crippen LogP contribution < -0.4 is 4.90 Å². The lowest BCUT2D eigenvalue weighted by atomic mass is 10.1. The van der Waals surface area contributed by atoms with Gasteiger partial charge >= 0.3 is 0 Å². The van der Waals surface area contributed by atoms with Crippen molar-refractivity contribution in [1.29, 1.82) is 0 Å². The van der Waals surface area contributed by atoms with E-state index in [9.17, 15) is 4.79 Å². The van der Waals surface area contributed by atoms with E-state index in [0.29, 0.717) is 6.54 Å². The molecule has 2 heterocycles. The van der Waals surface area contributed by atoms with Crippen molar-refractivity contribution >= 4 is 11.6 Å². The standard InChI is InChI=1S/C24H25N3O2/c1-26(24(28)20-11-13-21(14-12-20)27-16-5-6-17-27)15-7-10-22-18-23(25-29-22)19-8-3-2-4-9-19/h2-6,8-9,11-14,18H,7,10,15-17H2,1H3. The maximum Gasteiger partial charge on any atom is 0.253 e. The van der Waals surface area contributed by atoms with E-state index in [0.717, 1.165) is 54.2 Å². The van der Waals surface area contributed by atoms with Gasteiger partial charge in [-0.15, -0.1) is 0 Å². The molecular formula is C24H25N3O2. The molecule has 2 aromatic carbocycles. The van der Waals surface area contributed by atoms with Crippen molar-refractivity contribution in [3.8, 4) is 11.3 Å². The van der Waals surface area contributed by atoms with Crippen molar-refractivity contribution in [3.63, 3.8) is 0 Å². The first-order valence-electron chi connectivity index (χ1n) is 9.97. The first-order chi connectivity index (χ1) is 14.2. The molecule has 0 fully saturated rings. The van der Waals surface area contributed by atoms with Crippen LogP contribution in [0.25, 0.3) is 11.3 Å². The molecule has 1 aromatic heterocycles. The normalized spacial score (nSPS) is 13.1. The molecule has 29 heavy (non-hydrogen) atoms. The predicted molar refractivity (Wildman–Crippen MR) is 115 cm³/mol. The van der Waals surface area contributed by atoms with Crippen LogP contribution >= 0.6 is 0 Å².